The van der Waals surface area contributed by atoms with Crippen molar-refractivity contribution in [2.45, 2.75) is 45.1 Å². The maximum absolute atomic E-state index is 13.1. The molecule has 32 heavy (non-hydrogen) atoms. The van der Waals surface area contributed by atoms with Gasteiger partial charge in [0.25, 0.3) is 16.1 Å². The molecule has 174 valence electrons. The van der Waals surface area contributed by atoms with Gasteiger partial charge in [0, 0.05) is 56.7 Å². The molecule has 4 rings (SSSR count). The molecule has 1 saturated carbocycles. The Balaban J connectivity index is 1.38. The second-order valence-corrected chi connectivity index (χ2v) is 10.6. The summed E-state index contributed by atoms with van der Waals surface area (Å²) in [5, 5.41) is 0. The van der Waals surface area contributed by atoms with Gasteiger partial charge in [-0.15, -0.1) is 0 Å². The van der Waals surface area contributed by atoms with E-state index in [1.807, 2.05) is 6.92 Å². The first-order chi connectivity index (χ1) is 15.3. The van der Waals surface area contributed by atoms with Gasteiger partial charge in [0.15, 0.2) is 0 Å². The fourth-order valence-corrected chi connectivity index (χ4v) is 6.23. The highest BCUT2D eigenvalue weighted by Crippen LogP contribution is 2.25. The van der Waals surface area contributed by atoms with Crippen molar-refractivity contribution in [2.75, 3.05) is 33.2 Å². The van der Waals surface area contributed by atoms with Crippen LogP contribution in [0.2, 0.25) is 0 Å². The second kappa shape index (κ2) is 9.21. The molecule has 1 aliphatic carbocycles. The van der Waals surface area contributed by atoms with Crippen molar-refractivity contribution >= 4 is 16.1 Å². The van der Waals surface area contributed by atoms with E-state index in [0.29, 0.717) is 37.4 Å². The Morgan fingerprint density at radius 2 is 1.66 bits per heavy atom. The zero-order chi connectivity index (χ0) is 22.9. The lowest BCUT2D eigenvalue weighted by Gasteiger charge is -2.38. The molecule has 1 aromatic carbocycles. The Hall–Kier alpha value is -2.43. The Kier molecular flexibility index (Phi) is 6.55. The predicted molar refractivity (Wildman–Crippen MR) is 122 cm³/mol. The first-order valence-electron chi connectivity index (χ1n) is 11.2. The smallest absolute Gasteiger partial charge is 0.330 e. The van der Waals surface area contributed by atoms with Crippen LogP contribution in [0.25, 0.3) is 5.69 Å². The average Bonchev–Trinajstić information content (AvgIpc) is 3.16. The van der Waals surface area contributed by atoms with Gasteiger partial charge in [-0.2, -0.15) is 17.0 Å². The van der Waals surface area contributed by atoms with Crippen LogP contribution in [0.3, 0.4) is 0 Å². The summed E-state index contributed by atoms with van der Waals surface area (Å²) in [6.07, 6.45) is 6.79. The number of nitrogens with one attached hydrogen (secondary N) is 1. The number of aromatic amines is 1. The molecule has 0 spiro atoms. The van der Waals surface area contributed by atoms with E-state index < -0.39 is 10.2 Å². The van der Waals surface area contributed by atoms with Crippen molar-refractivity contribution in [3.63, 3.8) is 0 Å². The van der Waals surface area contributed by atoms with E-state index in [0.717, 1.165) is 31.4 Å². The van der Waals surface area contributed by atoms with Gasteiger partial charge in [0.05, 0.1) is 5.69 Å². The van der Waals surface area contributed by atoms with E-state index in [-0.39, 0.29) is 17.6 Å². The van der Waals surface area contributed by atoms with Crippen LogP contribution in [0.15, 0.2) is 35.3 Å². The van der Waals surface area contributed by atoms with Crippen molar-refractivity contribution in [3.05, 3.63) is 52.2 Å². The Bertz CT molecular complexity index is 1110. The number of piperazine rings is 1. The topological polar surface area (TPSA) is 98.7 Å². The minimum Gasteiger partial charge on any atom is -0.336 e. The number of nitrogens with zero attached hydrogens (tertiary/aromatic N) is 4. The SMILES string of the molecule is Cc1c[nH]c(=O)n1-c1ccc(C(=O)N2CCN(S(=O)(=O)N(C)C3CCCCC3)CC2)cc1. The highest BCUT2D eigenvalue weighted by Gasteiger charge is 2.35. The zero-order valence-electron chi connectivity index (χ0n) is 18.7. The normalized spacial score (nSPS) is 18.9. The third-order valence-electron chi connectivity index (χ3n) is 6.64. The molecular weight excluding hydrogens is 430 g/mol. The first-order valence-corrected chi connectivity index (χ1v) is 12.6. The van der Waals surface area contributed by atoms with Crippen molar-refractivity contribution in [1.29, 1.82) is 0 Å². The van der Waals surface area contributed by atoms with Crippen LogP contribution in [0.1, 0.15) is 48.2 Å². The largest absolute Gasteiger partial charge is 0.336 e. The van der Waals surface area contributed by atoms with Gasteiger partial charge >= 0.3 is 5.69 Å². The summed E-state index contributed by atoms with van der Waals surface area (Å²) < 4.78 is 30.7. The number of rotatable bonds is 5. The Labute approximate surface area is 188 Å². The average molecular weight is 462 g/mol. The second-order valence-electron chi connectivity index (χ2n) is 8.62. The molecule has 0 unspecified atom stereocenters. The minimum atomic E-state index is -3.52. The third kappa shape index (κ3) is 4.39. The van der Waals surface area contributed by atoms with Crippen LogP contribution < -0.4 is 5.69 Å². The number of imidazole rings is 1. The molecule has 2 heterocycles. The van der Waals surface area contributed by atoms with Crippen molar-refractivity contribution in [3.8, 4) is 5.69 Å². The van der Waals surface area contributed by atoms with Crippen LogP contribution in [0, 0.1) is 6.92 Å². The van der Waals surface area contributed by atoms with E-state index in [2.05, 4.69) is 4.98 Å². The van der Waals surface area contributed by atoms with Crippen molar-refractivity contribution < 1.29 is 13.2 Å². The number of hydrogen-bond donors (Lipinski definition) is 1. The first kappa shape index (κ1) is 22.8. The van der Waals surface area contributed by atoms with Gasteiger partial charge in [-0.05, 0) is 44.0 Å². The predicted octanol–water partition coefficient (Wildman–Crippen LogP) is 1.74. The summed E-state index contributed by atoms with van der Waals surface area (Å²) in [4.78, 5) is 29.2. The number of H-pyrrole nitrogens is 1. The molecule has 1 amide bonds. The highest BCUT2D eigenvalue weighted by molar-refractivity contribution is 7.86. The lowest BCUT2D eigenvalue weighted by molar-refractivity contribution is 0.0693. The van der Waals surface area contributed by atoms with Crippen LogP contribution in [-0.4, -0.2) is 76.7 Å². The van der Waals surface area contributed by atoms with Crippen molar-refractivity contribution in [2.24, 2.45) is 0 Å². The summed E-state index contributed by atoms with van der Waals surface area (Å²) >= 11 is 0. The number of hydrogen-bond acceptors (Lipinski definition) is 4. The Morgan fingerprint density at radius 1 is 1.03 bits per heavy atom. The van der Waals surface area contributed by atoms with Gasteiger partial charge in [-0.25, -0.2) is 4.79 Å². The molecule has 0 bridgehead atoms. The van der Waals surface area contributed by atoms with Gasteiger partial charge < -0.3 is 9.88 Å². The molecule has 0 radical (unpaired) electrons. The number of benzene rings is 1. The highest BCUT2D eigenvalue weighted by atomic mass is 32.2. The van der Waals surface area contributed by atoms with Crippen LogP contribution in [0.4, 0.5) is 0 Å². The van der Waals surface area contributed by atoms with Crippen molar-refractivity contribution in [1.82, 2.24) is 23.1 Å². The van der Waals surface area contributed by atoms with Gasteiger partial charge in [-0.1, -0.05) is 19.3 Å². The van der Waals surface area contributed by atoms with E-state index in [1.165, 1.54) is 15.0 Å². The summed E-state index contributed by atoms with van der Waals surface area (Å²) in [7, 11) is -1.84. The van der Waals surface area contributed by atoms with Gasteiger partial charge in [0.1, 0.15) is 0 Å². The van der Waals surface area contributed by atoms with Crippen LogP contribution in [0.5, 0.6) is 0 Å². The number of aryl methyl sites for hydroxylation is 1. The zero-order valence-corrected chi connectivity index (χ0v) is 19.5. The Morgan fingerprint density at radius 3 is 2.22 bits per heavy atom. The summed E-state index contributed by atoms with van der Waals surface area (Å²) in [6.45, 7) is 3.13. The summed E-state index contributed by atoms with van der Waals surface area (Å²) in [5.41, 5.74) is 1.76. The molecule has 1 N–H and O–H groups in total. The molecule has 1 saturated heterocycles. The summed E-state index contributed by atoms with van der Waals surface area (Å²) in [5.74, 6) is -0.132. The van der Waals surface area contributed by atoms with E-state index in [4.69, 9.17) is 0 Å². The number of carbonyl (C=O) groups is 1. The maximum Gasteiger partial charge on any atom is 0.330 e. The van der Waals surface area contributed by atoms with Crippen LogP contribution >= 0.6 is 0 Å². The number of aromatic nitrogens is 2. The third-order valence-corrected chi connectivity index (χ3v) is 8.68. The number of carbonyl (C=O) groups excluding carboxylic acids is 1. The monoisotopic (exact) mass is 461 g/mol. The van der Waals surface area contributed by atoms with E-state index in [1.54, 1.807) is 47.0 Å². The molecule has 2 fully saturated rings. The molecule has 2 aromatic rings. The molecular formula is C22H31N5O4S. The molecule has 1 aliphatic heterocycles. The molecule has 0 atom stereocenters. The minimum absolute atomic E-state index is 0.0723. The lowest BCUT2D eigenvalue weighted by Crippen LogP contribution is -2.55. The quantitative estimate of drug-likeness (QED) is 0.733. The molecule has 1 aromatic heterocycles. The molecule has 9 nitrogen and oxygen atoms in total. The van der Waals surface area contributed by atoms with E-state index in [9.17, 15) is 18.0 Å². The number of amides is 1. The fourth-order valence-electron chi connectivity index (χ4n) is 4.65. The lowest BCUT2D eigenvalue weighted by atomic mass is 9.96. The molecule has 10 heteroatoms. The summed E-state index contributed by atoms with van der Waals surface area (Å²) in [6, 6.07) is 6.97. The standard InChI is InChI=1S/C22H31N5O4S/c1-17-16-23-22(29)27(17)20-10-8-18(9-11-20)21(28)25-12-14-26(15-13-25)32(30,31)24(2)19-6-4-3-5-7-19/h8-11,16,19H,3-7,12-15H2,1-2H3,(H,23,29). The van der Waals surface area contributed by atoms with Gasteiger partial charge in [-0.3, -0.25) is 9.36 Å². The molecule has 2 aliphatic rings. The van der Waals surface area contributed by atoms with E-state index >= 15 is 0 Å². The van der Waals surface area contributed by atoms with Crippen LogP contribution in [-0.2, 0) is 10.2 Å². The van der Waals surface area contributed by atoms with Gasteiger partial charge in [0.2, 0.25) is 0 Å². The maximum atomic E-state index is 13.1. The fraction of sp³-hybridized carbons (Fsp3) is 0.545.